The number of carbonyl (C=O) groups is 1. The van der Waals surface area contributed by atoms with Crippen LogP contribution in [0.15, 0.2) is 6.07 Å². The third-order valence-electron chi connectivity index (χ3n) is 3.73. The first-order chi connectivity index (χ1) is 9.20. The molecule has 1 amide bonds. The van der Waals surface area contributed by atoms with Crippen molar-refractivity contribution in [2.45, 2.75) is 45.4 Å². The van der Waals surface area contributed by atoms with Crippen molar-refractivity contribution in [3.8, 4) is 0 Å². The number of hydrogen-bond acceptors (Lipinski definition) is 3. The smallest absolute Gasteiger partial charge is 0.261 e. The Morgan fingerprint density at radius 1 is 1.35 bits per heavy atom. The van der Waals surface area contributed by atoms with Crippen molar-refractivity contribution in [1.29, 1.82) is 0 Å². The van der Waals surface area contributed by atoms with E-state index in [1.807, 2.05) is 6.92 Å². The molecule has 2 rings (SSSR count). The van der Waals surface area contributed by atoms with E-state index in [0.717, 1.165) is 17.7 Å². The Labute approximate surface area is 131 Å². The number of nitrogens with one attached hydrogen (secondary N) is 1. The van der Waals surface area contributed by atoms with Gasteiger partial charge in [0.05, 0.1) is 4.88 Å². The number of carbonyl (C=O) groups excluding carboxylic acids is 1. The van der Waals surface area contributed by atoms with E-state index in [1.54, 1.807) is 11.3 Å². The minimum Gasteiger partial charge on any atom is -0.351 e. The van der Waals surface area contributed by atoms with Gasteiger partial charge in [-0.15, -0.1) is 23.7 Å². The van der Waals surface area contributed by atoms with E-state index in [-0.39, 0.29) is 18.3 Å². The minimum atomic E-state index is 0. The van der Waals surface area contributed by atoms with E-state index in [2.05, 4.69) is 11.4 Å². The van der Waals surface area contributed by atoms with Crippen molar-refractivity contribution >= 4 is 29.7 Å². The zero-order valence-corrected chi connectivity index (χ0v) is 13.7. The zero-order valence-electron chi connectivity index (χ0n) is 12.1. The fraction of sp³-hybridized carbons (Fsp3) is 0.667. The molecule has 114 valence electrons. The molecule has 0 radical (unpaired) electrons. The van der Waals surface area contributed by atoms with E-state index in [1.165, 1.54) is 36.1 Å². The Morgan fingerprint density at radius 2 is 2.05 bits per heavy atom. The summed E-state index contributed by atoms with van der Waals surface area (Å²) >= 11 is 1.68. The Morgan fingerprint density at radius 3 is 2.75 bits per heavy atom. The number of fused-ring (bicyclic) bond motifs is 1. The zero-order chi connectivity index (χ0) is 13.7. The second kappa shape index (κ2) is 8.65. The van der Waals surface area contributed by atoms with Gasteiger partial charge in [-0.1, -0.05) is 19.8 Å². The molecular formula is C15H25ClN2OS. The second-order valence-corrected chi connectivity index (χ2v) is 6.66. The molecule has 3 N–H and O–H groups in total. The summed E-state index contributed by atoms with van der Waals surface area (Å²) in [5.41, 5.74) is 6.97. The van der Waals surface area contributed by atoms with Crippen molar-refractivity contribution in [2.24, 2.45) is 11.7 Å². The normalized spacial score (nSPS) is 16.3. The lowest BCUT2D eigenvalue weighted by Gasteiger charge is -2.08. The lowest BCUT2D eigenvalue weighted by molar-refractivity contribution is 0.0952. The van der Waals surface area contributed by atoms with Crippen LogP contribution in [-0.2, 0) is 12.8 Å². The molecule has 1 aromatic heterocycles. The lowest BCUT2D eigenvalue weighted by atomic mass is 10.00. The first-order valence-electron chi connectivity index (χ1n) is 7.30. The number of hydrogen-bond donors (Lipinski definition) is 2. The second-order valence-electron chi connectivity index (χ2n) is 5.52. The number of thiophene rings is 1. The lowest BCUT2D eigenvalue weighted by Crippen LogP contribution is -2.30. The molecule has 5 heteroatoms. The first kappa shape index (κ1) is 17.5. The standard InChI is InChI=1S/C15H24N2OS.ClH/c1-11(9-16)10-17-15(18)14-8-12-6-4-2-3-5-7-13(12)19-14;/h8,11H,2-7,9-10,16H2,1H3,(H,17,18);1H. The quantitative estimate of drug-likeness (QED) is 0.896. The van der Waals surface area contributed by atoms with Gasteiger partial charge < -0.3 is 11.1 Å². The van der Waals surface area contributed by atoms with Gasteiger partial charge in [0.15, 0.2) is 0 Å². The maximum Gasteiger partial charge on any atom is 0.261 e. The number of aryl methyl sites for hydroxylation is 2. The van der Waals surface area contributed by atoms with Crippen LogP contribution in [0, 0.1) is 5.92 Å². The Balaban J connectivity index is 0.00000200. The van der Waals surface area contributed by atoms with Crippen molar-refractivity contribution in [3.05, 3.63) is 21.4 Å². The average molecular weight is 317 g/mol. The molecule has 0 spiro atoms. The molecule has 1 aromatic rings. The molecule has 1 aliphatic carbocycles. The average Bonchev–Trinajstić information content (AvgIpc) is 2.78. The van der Waals surface area contributed by atoms with Crippen LogP contribution in [0.25, 0.3) is 0 Å². The summed E-state index contributed by atoms with van der Waals surface area (Å²) in [4.78, 5) is 14.4. The Bertz CT molecular complexity index is 408. The van der Waals surface area contributed by atoms with Gasteiger partial charge in [0.25, 0.3) is 5.91 Å². The molecule has 1 heterocycles. The van der Waals surface area contributed by atoms with Gasteiger partial charge in [0, 0.05) is 11.4 Å². The van der Waals surface area contributed by atoms with Gasteiger partial charge in [-0.25, -0.2) is 0 Å². The van der Waals surface area contributed by atoms with Crippen molar-refractivity contribution in [2.75, 3.05) is 13.1 Å². The molecule has 20 heavy (non-hydrogen) atoms. The highest BCUT2D eigenvalue weighted by Crippen LogP contribution is 2.28. The van der Waals surface area contributed by atoms with Crippen LogP contribution in [-0.4, -0.2) is 19.0 Å². The van der Waals surface area contributed by atoms with Crippen LogP contribution >= 0.6 is 23.7 Å². The number of amides is 1. The van der Waals surface area contributed by atoms with Gasteiger partial charge in [-0.05, 0) is 49.8 Å². The van der Waals surface area contributed by atoms with E-state index in [9.17, 15) is 4.79 Å². The van der Waals surface area contributed by atoms with Crippen LogP contribution in [0.3, 0.4) is 0 Å². The maximum absolute atomic E-state index is 12.1. The van der Waals surface area contributed by atoms with E-state index < -0.39 is 0 Å². The van der Waals surface area contributed by atoms with Crippen LogP contribution in [0.4, 0.5) is 0 Å². The van der Waals surface area contributed by atoms with E-state index in [0.29, 0.717) is 19.0 Å². The number of nitrogens with two attached hydrogens (primary N) is 1. The predicted octanol–water partition coefficient (Wildman–Crippen LogP) is 3.15. The van der Waals surface area contributed by atoms with Gasteiger partial charge in [0.1, 0.15) is 0 Å². The highest BCUT2D eigenvalue weighted by molar-refractivity contribution is 7.14. The SMILES string of the molecule is CC(CN)CNC(=O)c1cc2c(s1)CCCCCC2.Cl. The summed E-state index contributed by atoms with van der Waals surface area (Å²) in [5.74, 6) is 0.405. The maximum atomic E-state index is 12.1. The van der Waals surface area contributed by atoms with Crippen LogP contribution in [0.2, 0.25) is 0 Å². The summed E-state index contributed by atoms with van der Waals surface area (Å²) in [6.45, 7) is 3.33. The molecular weight excluding hydrogens is 292 g/mol. The molecule has 0 saturated carbocycles. The minimum absolute atomic E-state index is 0. The van der Waals surface area contributed by atoms with Gasteiger partial charge in [-0.2, -0.15) is 0 Å². The summed E-state index contributed by atoms with van der Waals surface area (Å²) in [7, 11) is 0. The van der Waals surface area contributed by atoms with E-state index >= 15 is 0 Å². The summed E-state index contributed by atoms with van der Waals surface area (Å²) in [6.07, 6.45) is 7.45. The van der Waals surface area contributed by atoms with E-state index in [4.69, 9.17) is 5.73 Å². The summed E-state index contributed by atoms with van der Waals surface area (Å²) in [5, 5.41) is 2.98. The fourth-order valence-corrected chi connectivity index (χ4v) is 3.56. The summed E-state index contributed by atoms with van der Waals surface area (Å²) in [6, 6.07) is 2.10. The molecule has 0 aliphatic heterocycles. The Kier molecular flexibility index (Phi) is 7.56. The van der Waals surface area contributed by atoms with Crippen molar-refractivity contribution in [1.82, 2.24) is 5.32 Å². The predicted molar refractivity (Wildman–Crippen MR) is 88.0 cm³/mol. The van der Waals surface area contributed by atoms with Crippen LogP contribution in [0.5, 0.6) is 0 Å². The first-order valence-corrected chi connectivity index (χ1v) is 8.12. The third kappa shape index (κ3) is 4.76. The van der Waals surface area contributed by atoms with Crippen molar-refractivity contribution < 1.29 is 4.79 Å². The van der Waals surface area contributed by atoms with Gasteiger partial charge in [-0.3, -0.25) is 4.79 Å². The molecule has 0 fully saturated rings. The number of rotatable bonds is 4. The summed E-state index contributed by atoms with van der Waals surface area (Å²) < 4.78 is 0. The molecule has 0 bridgehead atoms. The highest BCUT2D eigenvalue weighted by Gasteiger charge is 2.16. The van der Waals surface area contributed by atoms with Gasteiger partial charge >= 0.3 is 0 Å². The van der Waals surface area contributed by atoms with Crippen LogP contribution < -0.4 is 11.1 Å². The molecule has 1 aliphatic rings. The largest absolute Gasteiger partial charge is 0.351 e. The van der Waals surface area contributed by atoms with Crippen molar-refractivity contribution in [3.63, 3.8) is 0 Å². The number of halogens is 1. The molecule has 1 unspecified atom stereocenters. The molecule has 1 atom stereocenters. The molecule has 3 nitrogen and oxygen atoms in total. The Hall–Kier alpha value is -0.580. The van der Waals surface area contributed by atoms with Gasteiger partial charge in [0.2, 0.25) is 0 Å². The highest BCUT2D eigenvalue weighted by atomic mass is 35.5. The third-order valence-corrected chi connectivity index (χ3v) is 4.97. The van der Waals surface area contributed by atoms with Crippen LogP contribution in [0.1, 0.15) is 52.7 Å². The fourth-order valence-electron chi connectivity index (χ4n) is 2.39. The molecule has 0 aromatic carbocycles. The molecule has 0 saturated heterocycles. The topological polar surface area (TPSA) is 55.1 Å². The monoisotopic (exact) mass is 316 g/mol.